The van der Waals surface area contributed by atoms with E-state index in [1.54, 1.807) is 0 Å². The second-order valence-corrected chi connectivity index (χ2v) is 4.63. The number of hydrogen-bond acceptors (Lipinski definition) is 4. The highest BCUT2D eigenvalue weighted by Gasteiger charge is 2.16. The van der Waals surface area contributed by atoms with Crippen LogP contribution in [0.1, 0.15) is 26.7 Å². The first kappa shape index (κ1) is 15.4. The molecule has 1 fully saturated rings. The van der Waals surface area contributed by atoms with Gasteiger partial charge in [0.2, 0.25) is 5.91 Å². The largest absolute Gasteiger partial charge is 0.375 e. The first-order chi connectivity index (χ1) is 8.76. The van der Waals surface area contributed by atoms with Crippen molar-refractivity contribution in [3.05, 3.63) is 0 Å². The molecule has 5 nitrogen and oxygen atoms in total. The molecule has 1 amide bonds. The van der Waals surface area contributed by atoms with E-state index in [-0.39, 0.29) is 12.0 Å². The van der Waals surface area contributed by atoms with Gasteiger partial charge < -0.3 is 20.3 Å². The van der Waals surface area contributed by atoms with Crippen LogP contribution in [0.15, 0.2) is 0 Å². The van der Waals surface area contributed by atoms with E-state index in [4.69, 9.17) is 4.74 Å². The molecular weight excluding hydrogens is 230 g/mol. The van der Waals surface area contributed by atoms with Crippen LogP contribution in [0, 0.1) is 0 Å². The molecule has 0 aromatic rings. The predicted octanol–water partition coefficient (Wildman–Crippen LogP) is 0.213. The summed E-state index contributed by atoms with van der Waals surface area (Å²) >= 11 is 0. The van der Waals surface area contributed by atoms with E-state index < -0.39 is 0 Å². The number of carbonyl (C=O) groups is 1. The number of amides is 1. The van der Waals surface area contributed by atoms with Crippen molar-refractivity contribution in [3.8, 4) is 0 Å². The van der Waals surface area contributed by atoms with Gasteiger partial charge in [0.25, 0.3) is 0 Å². The molecule has 5 heteroatoms. The van der Waals surface area contributed by atoms with Crippen LogP contribution < -0.4 is 10.6 Å². The maximum absolute atomic E-state index is 11.7. The molecule has 1 heterocycles. The van der Waals surface area contributed by atoms with Crippen molar-refractivity contribution in [1.29, 1.82) is 0 Å². The number of hydrogen-bond donors (Lipinski definition) is 2. The van der Waals surface area contributed by atoms with E-state index in [9.17, 15) is 4.79 Å². The van der Waals surface area contributed by atoms with E-state index in [2.05, 4.69) is 29.4 Å². The summed E-state index contributed by atoms with van der Waals surface area (Å²) in [4.78, 5) is 14.0. The molecule has 106 valence electrons. The quantitative estimate of drug-likeness (QED) is 0.611. The van der Waals surface area contributed by atoms with Gasteiger partial charge in [-0.2, -0.15) is 0 Å². The van der Waals surface area contributed by atoms with Crippen LogP contribution in [0.3, 0.4) is 0 Å². The van der Waals surface area contributed by atoms with E-state index in [0.717, 1.165) is 45.7 Å². The van der Waals surface area contributed by atoms with Gasteiger partial charge in [0.05, 0.1) is 19.1 Å². The molecule has 1 aliphatic rings. The molecule has 1 atom stereocenters. The van der Waals surface area contributed by atoms with Gasteiger partial charge in [0.15, 0.2) is 0 Å². The predicted molar refractivity (Wildman–Crippen MR) is 72.6 cm³/mol. The van der Waals surface area contributed by atoms with Crippen molar-refractivity contribution in [1.82, 2.24) is 15.5 Å². The summed E-state index contributed by atoms with van der Waals surface area (Å²) in [7, 11) is 0. The Balaban J connectivity index is 2.02. The Morgan fingerprint density at radius 1 is 1.44 bits per heavy atom. The summed E-state index contributed by atoms with van der Waals surface area (Å²) in [6.45, 7) is 10.7. The highest BCUT2D eigenvalue weighted by molar-refractivity contribution is 5.76. The molecule has 0 saturated carbocycles. The Labute approximate surface area is 110 Å². The van der Waals surface area contributed by atoms with Crippen LogP contribution in [0.25, 0.3) is 0 Å². The van der Waals surface area contributed by atoms with Gasteiger partial charge in [-0.15, -0.1) is 0 Å². The molecule has 0 spiro atoms. The molecule has 0 aliphatic carbocycles. The molecule has 1 aliphatic heterocycles. The third-order valence-electron chi connectivity index (χ3n) is 3.29. The molecule has 1 unspecified atom stereocenters. The number of nitrogens with one attached hydrogen (secondary N) is 2. The third-order valence-corrected chi connectivity index (χ3v) is 3.29. The average molecular weight is 257 g/mol. The van der Waals surface area contributed by atoms with E-state index >= 15 is 0 Å². The monoisotopic (exact) mass is 257 g/mol. The van der Waals surface area contributed by atoms with E-state index in [0.29, 0.717) is 13.0 Å². The molecule has 0 bridgehead atoms. The summed E-state index contributed by atoms with van der Waals surface area (Å²) in [5, 5.41) is 6.19. The van der Waals surface area contributed by atoms with Crippen LogP contribution in [-0.2, 0) is 9.53 Å². The van der Waals surface area contributed by atoms with Crippen molar-refractivity contribution in [2.75, 3.05) is 45.9 Å². The lowest BCUT2D eigenvalue weighted by molar-refractivity contribution is -0.124. The second kappa shape index (κ2) is 9.30. The summed E-state index contributed by atoms with van der Waals surface area (Å²) in [5.74, 6) is 0.100. The van der Waals surface area contributed by atoms with Crippen LogP contribution in [0.2, 0.25) is 0 Å². The van der Waals surface area contributed by atoms with Crippen molar-refractivity contribution in [2.45, 2.75) is 32.8 Å². The smallest absolute Gasteiger partial charge is 0.222 e. The molecule has 2 N–H and O–H groups in total. The highest BCUT2D eigenvalue weighted by atomic mass is 16.5. The molecule has 1 saturated heterocycles. The topological polar surface area (TPSA) is 53.6 Å². The molecule has 1 rings (SSSR count). The van der Waals surface area contributed by atoms with Crippen molar-refractivity contribution in [3.63, 3.8) is 0 Å². The fourth-order valence-electron chi connectivity index (χ4n) is 2.10. The van der Waals surface area contributed by atoms with Gasteiger partial charge in [-0.25, -0.2) is 0 Å². The number of ether oxygens (including phenoxy) is 1. The first-order valence-corrected chi connectivity index (χ1v) is 7.07. The second-order valence-electron chi connectivity index (χ2n) is 4.63. The third kappa shape index (κ3) is 6.33. The zero-order valence-corrected chi connectivity index (χ0v) is 11.7. The fraction of sp³-hybridized carbons (Fsp3) is 0.923. The van der Waals surface area contributed by atoms with Gasteiger partial charge in [0, 0.05) is 19.6 Å². The summed E-state index contributed by atoms with van der Waals surface area (Å²) in [6.07, 6.45) is 1.52. The van der Waals surface area contributed by atoms with Gasteiger partial charge in [-0.3, -0.25) is 4.79 Å². The lowest BCUT2D eigenvalue weighted by Crippen LogP contribution is -2.41. The first-order valence-electron chi connectivity index (χ1n) is 7.07. The lowest BCUT2D eigenvalue weighted by Gasteiger charge is -2.23. The van der Waals surface area contributed by atoms with E-state index in [1.807, 2.05) is 0 Å². The highest BCUT2D eigenvalue weighted by Crippen LogP contribution is 2.01. The number of morpholine rings is 1. The lowest BCUT2D eigenvalue weighted by atomic mass is 10.2. The normalized spacial score (nSPS) is 20.1. The molecule has 18 heavy (non-hydrogen) atoms. The minimum absolute atomic E-state index is 0.0431. The standard InChI is InChI=1S/C13H27N3O2/c1-3-16(4-2)8-5-6-15-13(17)10-12-11-14-7-9-18-12/h12,14H,3-11H2,1-2H3,(H,15,17). The van der Waals surface area contributed by atoms with Crippen LogP contribution in [0.4, 0.5) is 0 Å². The average Bonchev–Trinajstić information content (AvgIpc) is 2.40. The van der Waals surface area contributed by atoms with Crippen molar-refractivity contribution >= 4 is 5.91 Å². The zero-order chi connectivity index (χ0) is 13.2. The molecule has 0 aromatic heterocycles. The Bertz CT molecular complexity index is 226. The minimum Gasteiger partial charge on any atom is -0.375 e. The Morgan fingerprint density at radius 3 is 2.83 bits per heavy atom. The van der Waals surface area contributed by atoms with Crippen molar-refractivity contribution < 1.29 is 9.53 Å². The van der Waals surface area contributed by atoms with Gasteiger partial charge in [0.1, 0.15) is 0 Å². The fourth-order valence-corrected chi connectivity index (χ4v) is 2.10. The Kier molecular flexibility index (Phi) is 7.96. The van der Waals surface area contributed by atoms with E-state index in [1.165, 1.54) is 0 Å². The molecule has 0 radical (unpaired) electrons. The maximum atomic E-state index is 11.7. The SMILES string of the molecule is CCN(CC)CCCNC(=O)CC1CNCCO1. The maximum Gasteiger partial charge on any atom is 0.222 e. The molecular formula is C13H27N3O2. The van der Waals surface area contributed by atoms with Crippen molar-refractivity contribution in [2.24, 2.45) is 0 Å². The summed E-state index contributed by atoms with van der Waals surface area (Å²) in [6, 6.07) is 0. The van der Waals surface area contributed by atoms with Gasteiger partial charge in [-0.1, -0.05) is 13.8 Å². The van der Waals surface area contributed by atoms with Gasteiger partial charge in [-0.05, 0) is 26.1 Å². The Morgan fingerprint density at radius 2 is 2.22 bits per heavy atom. The van der Waals surface area contributed by atoms with Gasteiger partial charge >= 0.3 is 0 Å². The van der Waals surface area contributed by atoms with Crippen LogP contribution >= 0.6 is 0 Å². The zero-order valence-electron chi connectivity index (χ0n) is 11.7. The van der Waals surface area contributed by atoms with Crippen LogP contribution in [0.5, 0.6) is 0 Å². The number of rotatable bonds is 8. The minimum atomic E-state index is 0.0431. The molecule has 0 aromatic carbocycles. The Hall–Kier alpha value is -0.650. The van der Waals surface area contributed by atoms with Crippen LogP contribution in [-0.4, -0.2) is 62.8 Å². The summed E-state index contributed by atoms with van der Waals surface area (Å²) < 4.78 is 5.50. The summed E-state index contributed by atoms with van der Waals surface area (Å²) in [5.41, 5.74) is 0. The number of carbonyl (C=O) groups excluding carboxylic acids is 1. The number of nitrogens with zero attached hydrogens (tertiary/aromatic N) is 1.